The molecule has 0 aliphatic carbocycles. The summed E-state index contributed by atoms with van der Waals surface area (Å²) in [5.41, 5.74) is 0. The van der Waals surface area contributed by atoms with Crippen molar-refractivity contribution in [2.75, 3.05) is 26.2 Å². The van der Waals surface area contributed by atoms with Gasteiger partial charge in [0, 0.05) is 25.6 Å². The molecule has 0 aromatic carbocycles. The molecular weight excluding hydrogens is 268 g/mol. The van der Waals surface area contributed by atoms with Gasteiger partial charge in [-0.25, -0.2) is 0 Å². The van der Waals surface area contributed by atoms with E-state index in [2.05, 4.69) is 11.8 Å². The van der Waals surface area contributed by atoms with E-state index < -0.39 is 5.97 Å². The number of aliphatic carboxylic acids is 1. The number of nitrogens with zero attached hydrogens (tertiary/aromatic N) is 2. The second kappa shape index (κ2) is 7.78. The first-order valence-electron chi connectivity index (χ1n) is 8.32. The van der Waals surface area contributed by atoms with Gasteiger partial charge in [-0.3, -0.25) is 9.59 Å². The van der Waals surface area contributed by atoms with Crippen molar-refractivity contribution >= 4 is 11.9 Å². The highest BCUT2D eigenvalue weighted by molar-refractivity contribution is 5.77. The average molecular weight is 296 g/mol. The maximum atomic E-state index is 12.4. The van der Waals surface area contributed by atoms with Gasteiger partial charge in [0.2, 0.25) is 5.91 Å². The Morgan fingerprint density at radius 2 is 1.62 bits per heavy atom. The zero-order chi connectivity index (χ0) is 15.2. The number of carbonyl (C=O) groups is 2. The van der Waals surface area contributed by atoms with E-state index in [0.717, 1.165) is 13.1 Å². The Labute approximate surface area is 127 Å². The summed E-state index contributed by atoms with van der Waals surface area (Å²) in [5.74, 6) is -0.798. The zero-order valence-corrected chi connectivity index (χ0v) is 13.1. The van der Waals surface area contributed by atoms with Gasteiger partial charge in [0.15, 0.2) is 0 Å². The van der Waals surface area contributed by atoms with Gasteiger partial charge in [0.1, 0.15) is 0 Å². The summed E-state index contributed by atoms with van der Waals surface area (Å²) in [6.07, 6.45) is 6.85. The number of carboxylic acids is 1. The van der Waals surface area contributed by atoms with Crippen LogP contribution < -0.4 is 0 Å². The Balaban J connectivity index is 1.77. The molecule has 0 saturated carbocycles. The first-order chi connectivity index (χ1) is 10.1. The van der Waals surface area contributed by atoms with Crippen molar-refractivity contribution in [2.45, 2.75) is 57.9 Å². The molecule has 5 nitrogen and oxygen atoms in total. The Morgan fingerprint density at radius 1 is 1.05 bits per heavy atom. The van der Waals surface area contributed by atoms with Crippen molar-refractivity contribution in [3.63, 3.8) is 0 Å². The molecule has 2 heterocycles. The summed E-state index contributed by atoms with van der Waals surface area (Å²) in [6, 6.07) is 0.299. The molecule has 0 aromatic heterocycles. The Morgan fingerprint density at radius 3 is 2.14 bits per heavy atom. The molecule has 120 valence electrons. The molecule has 21 heavy (non-hydrogen) atoms. The highest BCUT2D eigenvalue weighted by Gasteiger charge is 2.28. The predicted molar refractivity (Wildman–Crippen MR) is 81.1 cm³/mol. The van der Waals surface area contributed by atoms with Crippen LogP contribution in [0.5, 0.6) is 0 Å². The smallest absolute Gasteiger partial charge is 0.306 e. The fraction of sp³-hybridized carbons (Fsp3) is 0.875. The fourth-order valence-corrected chi connectivity index (χ4v) is 3.42. The number of carbonyl (C=O) groups excluding carboxylic acids is 1. The average Bonchev–Trinajstić information content (AvgIpc) is 2.76. The van der Waals surface area contributed by atoms with Gasteiger partial charge in [0.05, 0.1) is 5.92 Å². The van der Waals surface area contributed by atoms with Crippen LogP contribution in [0.2, 0.25) is 0 Å². The van der Waals surface area contributed by atoms with Gasteiger partial charge in [-0.2, -0.15) is 0 Å². The standard InChI is InChI=1S/C16H28N2O3/c1-13(17-8-4-2-3-5-9-17)12-15(19)18-10-6-14(7-11-18)16(20)21/h13-14H,2-12H2,1H3,(H,20,21)/t13-/m0/s1. The molecule has 5 heteroatoms. The van der Waals surface area contributed by atoms with Crippen LogP contribution in [0.15, 0.2) is 0 Å². The van der Waals surface area contributed by atoms with E-state index in [0.29, 0.717) is 38.4 Å². The van der Waals surface area contributed by atoms with E-state index in [9.17, 15) is 9.59 Å². The van der Waals surface area contributed by atoms with Gasteiger partial charge in [-0.15, -0.1) is 0 Å². The summed E-state index contributed by atoms with van der Waals surface area (Å²) in [5, 5.41) is 9.00. The summed E-state index contributed by atoms with van der Waals surface area (Å²) in [6.45, 7) is 5.56. The van der Waals surface area contributed by atoms with Crippen molar-refractivity contribution in [2.24, 2.45) is 5.92 Å². The second-order valence-corrected chi connectivity index (χ2v) is 6.50. The minimum absolute atomic E-state index is 0.190. The van der Waals surface area contributed by atoms with Crippen LogP contribution in [0.25, 0.3) is 0 Å². The van der Waals surface area contributed by atoms with Crippen molar-refractivity contribution < 1.29 is 14.7 Å². The van der Waals surface area contributed by atoms with E-state index in [4.69, 9.17) is 5.11 Å². The number of amides is 1. The van der Waals surface area contributed by atoms with Crippen molar-refractivity contribution in [3.05, 3.63) is 0 Å². The van der Waals surface area contributed by atoms with Gasteiger partial charge in [0.25, 0.3) is 0 Å². The van der Waals surface area contributed by atoms with Crippen LogP contribution in [0.4, 0.5) is 0 Å². The first-order valence-corrected chi connectivity index (χ1v) is 8.32. The number of piperidine rings is 1. The van der Waals surface area contributed by atoms with E-state index in [1.54, 1.807) is 0 Å². The number of rotatable bonds is 4. The van der Waals surface area contributed by atoms with E-state index >= 15 is 0 Å². The molecule has 1 amide bonds. The van der Waals surface area contributed by atoms with E-state index in [-0.39, 0.29) is 11.8 Å². The molecule has 0 spiro atoms. The summed E-state index contributed by atoms with van der Waals surface area (Å²) in [7, 11) is 0. The lowest BCUT2D eigenvalue weighted by molar-refractivity contribution is -0.146. The van der Waals surface area contributed by atoms with Crippen molar-refractivity contribution in [3.8, 4) is 0 Å². The van der Waals surface area contributed by atoms with Crippen LogP contribution in [-0.2, 0) is 9.59 Å². The molecule has 2 fully saturated rings. The second-order valence-electron chi connectivity index (χ2n) is 6.50. The lowest BCUT2D eigenvalue weighted by Gasteiger charge is -2.33. The molecule has 0 unspecified atom stereocenters. The minimum Gasteiger partial charge on any atom is -0.481 e. The molecule has 2 rings (SSSR count). The van der Waals surface area contributed by atoms with Crippen LogP contribution >= 0.6 is 0 Å². The van der Waals surface area contributed by atoms with Crippen LogP contribution in [0, 0.1) is 5.92 Å². The number of hydrogen-bond acceptors (Lipinski definition) is 3. The van der Waals surface area contributed by atoms with Crippen LogP contribution in [-0.4, -0.2) is 59.0 Å². The highest BCUT2D eigenvalue weighted by Crippen LogP contribution is 2.20. The third-order valence-corrected chi connectivity index (χ3v) is 4.93. The van der Waals surface area contributed by atoms with Gasteiger partial charge in [-0.05, 0) is 45.7 Å². The van der Waals surface area contributed by atoms with Gasteiger partial charge in [-0.1, -0.05) is 12.8 Å². The Bertz CT molecular complexity index is 357. The Hall–Kier alpha value is -1.10. The topological polar surface area (TPSA) is 60.9 Å². The fourth-order valence-electron chi connectivity index (χ4n) is 3.42. The number of hydrogen-bond donors (Lipinski definition) is 1. The summed E-state index contributed by atoms with van der Waals surface area (Å²) >= 11 is 0. The molecule has 2 aliphatic heterocycles. The molecular formula is C16H28N2O3. The first kappa shape index (κ1) is 16.3. The number of likely N-dealkylation sites (tertiary alicyclic amines) is 2. The van der Waals surface area contributed by atoms with Gasteiger partial charge < -0.3 is 14.9 Å². The molecule has 1 N–H and O–H groups in total. The number of carboxylic acid groups (broad SMARTS) is 1. The zero-order valence-electron chi connectivity index (χ0n) is 13.1. The summed E-state index contributed by atoms with van der Waals surface area (Å²) in [4.78, 5) is 27.6. The maximum Gasteiger partial charge on any atom is 0.306 e. The molecule has 0 bridgehead atoms. The normalized spacial score (nSPS) is 23.6. The molecule has 1 atom stereocenters. The lowest BCUT2D eigenvalue weighted by Crippen LogP contribution is -2.43. The molecule has 2 saturated heterocycles. The third-order valence-electron chi connectivity index (χ3n) is 4.93. The third kappa shape index (κ3) is 4.70. The quantitative estimate of drug-likeness (QED) is 0.861. The minimum atomic E-state index is -0.722. The SMILES string of the molecule is C[C@@H](CC(=O)N1CCC(C(=O)O)CC1)N1CCCCCC1. The van der Waals surface area contributed by atoms with Crippen LogP contribution in [0.1, 0.15) is 51.9 Å². The predicted octanol–water partition coefficient (Wildman–Crippen LogP) is 1.96. The monoisotopic (exact) mass is 296 g/mol. The highest BCUT2D eigenvalue weighted by atomic mass is 16.4. The molecule has 0 aromatic rings. The lowest BCUT2D eigenvalue weighted by atomic mass is 9.96. The van der Waals surface area contributed by atoms with E-state index in [1.165, 1.54) is 25.7 Å². The van der Waals surface area contributed by atoms with Crippen molar-refractivity contribution in [1.29, 1.82) is 0 Å². The largest absolute Gasteiger partial charge is 0.481 e. The maximum absolute atomic E-state index is 12.4. The van der Waals surface area contributed by atoms with E-state index in [1.807, 2.05) is 4.90 Å². The van der Waals surface area contributed by atoms with Crippen LogP contribution in [0.3, 0.4) is 0 Å². The Kier molecular flexibility index (Phi) is 6.03. The van der Waals surface area contributed by atoms with Gasteiger partial charge >= 0.3 is 5.97 Å². The molecule has 2 aliphatic rings. The molecule has 0 radical (unpaired) electrons. The van der Waals surface area contributed by atoms with Crippen molar-refractivity contribution in [1.82, 2.24) is 9.80 Å². The summed E-state index contributed by atoms with van der Waals surface area (Å²) < 4.78 is 0.